The Hall–Kier alpha value is -0.780. The number of amides is 1. The average Bonchev–Trinajstić information content (AvgIpc) is 2.75. The molecule has 0 aliphatic carbocycles. The van der Waals surface area contributed by atoms with Crippen molar-refractivity contribution in [3.63, 3.8) is 0 Å². The number of hydrogen-bond donors (Lipinski definition) is 2. The predicted molar refractivity (Wildman–Crippen MR) is 71.3 cm³/mol. The zero-order valence-corrected chi connectivity index (χ0v) is 11.0. The van der Waals surface area contributed by atoms with E-state index in [1.54, 1.807) is 24.8 Å². The first-order chi connectivity index (χ1) is 7.66. The second kappa shape index (κ2) is 6.23. The number of carbonyl (C=O) groups excluding carboxylic acids is 1. The van der Waals surface area contributed by atoms with Crippen LogP contribution in [-0.2, 0) is 4.79 Å². The van der Waals surface area contributed by atoms with E-state index < -0.39 is 0 Å². The van der Waals surface area contributed by atoms with Crippen LogP contribution in [0.2, 0.25) is 0 Å². The molecule has 6 heteroatoms. The van der Waals surface area contributed by atoms with Gasteiger partial charge < -0.3 is 5.32 Å². The Kier molecular flexibility index (Phi) is 5.24. The first-order valence-corrected chi connectivity index (χ1v) is 6.20. The second-order valence-corrected chi connectivity index (χ2v) is 4.75. The van der Waals surface area contributed by atoms with Crippen LogP contribution in [0.4, 0.5) is 10.1 Å². The molecule has 0 aromatic heterocycles. The van der Waals surface area contributed by atoms with Crippen molar-refractivity contribution >= 4 is 35.8 Å². The van der Waals surface area contributed by atoms with Crippen molar-refractivity contribution in [2.45, 2.75) is 13.0 Å². The Morgan fingerprint density at radius 2 is 2.35 bits per heavy atom. The van der Waals surface area contributed by atoms with Crippen molar-refractivity contribution in [1.82, 2.24) is 5.32 Å². The van der Waals surface area contributed by atoms with Crippen LogP contribution in [-0.4, -0.2) is 23.6 Å². The molecule has 3 nitrogen and oxygen atoms in total. The van der Waals surface area contributed by atoms with Gasteiger partial charge in [0.2, 0.25) is 5.91 Å². The lowest BCUT2D eigenvalue weighted by molar-refractivity contribution is -0.117. The summed E-state index contributed by atoms with van der Waals surface area (Å²) in [7, 11) is 0. The fourth-order valence-corrected chi connectivity index (χ4v) is 2.49. The quantitative estimate of drug-likeness (QED) is 0.870. The monoisotopic (exact) mass is 276 g/mol. The zero-order chi connectivity index (χ0) is 11.5. The summed E-state index contributed by atoms with van der Waals surface area (Å²) in [6, 6.07) is 4.20. The van der Waals surface area contributed by atoms with Gasteiger partial charge in [-0.25, -0.2) is 4.39 Å². The van der Waals surface area contributed by atoms with Crippen molar-refractivity contribution < 1.29 is 9.18 Å². The number of nitrogens with one attached hydrogen (secondary N) is 2. The number of thioether (sulfide) groups is 1. The van der Waals surface area contributed by atoms with E-state index in [4.69, 9.17) is 0 Å². The number of anilines is 1. The molecule has 17 heavy (non-hydrogen) atoms. The van der Waals surface area contributed by atoms with Crippen LogP contribution in [0.5, 0.6) is 0 Å². The van der Waals surface area contributed by atoms with E-state index in [0.717, 1.165) is 17.2 Å². The largest absolute Gasteiger partial charge is 0.324 e. The number of rotatable bonds is 2. The van der Waals surface area contributed by atoms with Gasteiger partial charge in [-0.1, -0.05) is 0 Å². The molecule has 1 aromatic rings. The van der Waals surface area contributed by atoms with Gasteiger partial charge in [0.1, 0.15) is 5.82 Å². The van der Waals surface area contributed by atoms with Crippen LogP contribution in [0.25, 0.3) is 0 Å². The molecule has 1 unspecified atom stereocenters. The van der Waals surface area contributed by atoms with Gasteiger partial charge in [-0.2, -0.15) is 0 Å². The van der Waals surface area contributed by atoms with Crippen LogP contribution >= 0.6 is 24.2 Å². The van der Waals surface area contributed by atoms with Crippen LogP contribution in [0.3, 0.4) is 0 Å². The molecule has 1 aromatic carbocycles. The van der Waals surface area contributed by atoms with Crippen molar-refractivity contribution in [3.8, 4) is 0 Å². The molecule has 0 spiro atoms. The Bertz CT molecular complexity index is 410. The van der Waals surface area contributed by atoms with E-state index in [9.17, 15) is 9.18 Å². The summed E-state index contributed by atoms with van der Waals surface area (Å²) < 4.78 is 12.9. The predicted octanol–water partition coefficient (Wildman–Crippen LogP) is 2.16. The number of aryl methyl sites for hydroxylation is 1. The lowest BCUT2D eigenvalue weighted by atomic mass is 10.2. The molecular weight excluding hydrogens is 263 g/mol. The van der Waals surface area contributed by atoms with E-state index in [2.05, 4.69) is 10.6 Å². The molecule has 1 aliphatic heterocycles. The van der Waals surface area contributed by atoms with Gasteiger partial charge in [-0.05, 0) is 30.7 Å². The molecule has 1 heterocycles. The number of hydrogen-bond acceptors (Lipinski definition) is 3. The second-order valence-electron chi connectivity index (χ2n) is 3.72. The highest BCUT2D eigenvalue weighted by Crippen LogP contribution is 2.17. The van der Waals surface area contributed by atoms with E-state index in [0.29, 0.717) is 5.69 Å². The molecule has 94 valence electrons. The van der Waals surface area contributed by atoms with Gasteiger partial charge in [-0.3, -0.25) is 10.1 Å². The SMILES string of the molecule is Cc1cc(F)ccc1NC(=O)C1CSCN1.Cl. The molecule has 0 bridgehead atoms. The molecule has 2 rings (SSSR count). The highest BCUT2D eigenvalue weighted by Gasteiger charge is 2.22. The van der Waals surface area contributed by atoms with E-state index >= 15 is 0 Å². The third-order valence-electron chi connectivity index (χ3n) is 2.48. The molecule has 0 saturated carbocycles. The van der Waals surface area contributed by atoms with Crippen molar-refractivity contribution in [2.24, 2.45) is 0 Å². The Labute approximate surface area is 110 Å². The highest BCUT2D eigenvalue weighted by atomic mass is 35.5. The molecule has 0 radical (unpaired) electrons. The summed E-state index contributed by atoms with van der Waals surface area (Å²) in [6.07, 6.45) is 0. The smallest absolute Gasteiger partial charge is 0.242 e. The van der Waals surface area contributed by atoms with Gasteiger partial charge >= 0.3 is 0 Å². The van der Waals surface area contributed by atoms with Gasteiger partial charge in [0.15, 0.2) is 0 Å². The topological polar surface area (TPSA) is 41.1 Å². The van der Waals surface area contributed by atoms with E-state index in [1.165, 1.54) is 12.1 Å². The summed E-state index contributed by atoms with van der Waals surface area (Å²) in [4.78, 5) is 11.8. The summed E-state index contributed by atoms with van der Waals surface area (Å²) >= 11 is 1.70. The number of benzene rings is 1. The lowest BCUT2D eigenvalue weighted by Gasteiger charge is -2.12. The minimum Gasteiger partial charge on any atom is -0.324 e. The Morgan fingerprint density at radius 1 is 1.59 bits per heavy atom. The first kappa shape index (κ1) is 14.3. The van der Waals surface area contributed by atoms with E-state index in [1.807, 2.05) is 0 Å². The summed E-state index contributed by atoms with van der Waals surface area (Å²) in [5.41, 5.74) is 1.41. The van der Waals surface area contributed by atoms with Gasteiger partial charge in [-0.15, -0.1) is 24.2 Å². The van der Waals surface area contributed by atoms with Crippen molar-refractivity contribution in [3.05, 3.63) is 29.6 Å². The fraction of sp³-hybridized carbons (Fsp3) is 0.364. The van der Waals surface area contributed by atoms with Crippen LogP contribution in [0.15, 0.2) is 18.2 Å². The van der Waals surface area contributed by atoms with Gasteiger partial charge in [0.25, 0.3) is 0 Å². The number of halogens is 2. The maximum atomic E-state index is 12.9. The minimum absolute atomic E-state index is 0. The lowest BCUT2D eigenvalue weighted by Crippen LogP contribution is -2.37. The van der Waals surface area contributed by atoms with Crippen molar-refractivity contribution in [2.75, 3.05) is 16.9 Å². The van der Waals surface area contributed by atoms with E-state index in [-0.39, 0.29) is 30.2 Å². The molecular formula is C11H14ClFN2OS. The minimum atomic E-state index is -0.287. The molecule has 1 saturated heterocycles. The van der Waals surface area contributed by atoms with Gasteiger partial charge in [0, 0.05) is 17.3 Å². The molecule has 1 fully saturated rings. The third kappa shape index (κ3) is 3.59. The Balaban J connectivity index is 0.00000144. The van der Waals surface area contributed by atoms with Crippen LogP contribution in [0.1, 0.15) is 5.56 Å². The standard InChI is InChI=1S/C11H13FN2OS.ClH/c1-7-4-8(12)2-3-9(7)14-11(15)10-5-16-6-13-10;/h2-4,10,13H,5-6H2,1H3,(H,14,15);1H. The number of carbonyl (C=O) groups is 1. The van der Waals surface area contributed by atoms with Crippen LogP contribution in [0, 0.1) is 12.7 Å². The normalized spacial score (nSPS) is 18.6. The molecule has 1 atom stereocenters. The maximum Gasteiger partial charge on any atom is 0.242 e. The highest BCUT2D eigenvalue weighted by molar-refractivity contribution is 7.99. The summed E-state index contributed by atoms with van der Waals surface area (Å²) in [5, 5.41) is 5.88. The molecule has 1 aliphatic rings. The zero-order valence-electron chi connectivity index (χ0n) is 9.33. The molecule has 1 amide bonds. The Morgan fingerprint density at radius 3 is 2.94 bits per heavy atom. The first-order valence-electron chi connectivity index (χ1n) is 5.05. The third-order valence-corrected chi connectivity index (χ3v) is 3.42. The van der Waals surface area contributed by atoms with Gasteiger partial charge in [0.05, 0.1) is 6.04 Å². The summed E-state index contributed by atoms with van der Waals surface area (Å²) in [5.74, 6) is 1.25. The fourth-order valence-electron chi connectivity index (χ4n) is 1.55. The average molecular weight is 277 g/mol. The maximum absolute atomic E-state index is 12.9. The summed E-state index contributed by atoms with van der Waals surface area (Å²) in [6.45, 7) is 1.77. The van der Waals surface area contributed by atoms with Crippen LogP contribution < -0.4 is 10.6 Å². The molecule has 2 N–H and O–H groups in total. The van der Waals surface area contributed by atoms with Crippen molar-refractivity contribution in [1.29, 1.82) is 0 Å².